The molecule has 3 rings (SSSR count). The van der Waals surface area contributed by atoms with Crippen molar-refractivity contribution in [2.45, 2.75) is 25.7 Å². The zero-order valence-electron chi connectivity index (χ0n) is 11.4. The van der Waals surface area contributed by atoms with Crippen LogP contribution in [0.2, 0.25) is 0 Å². The van der Waals surface area contributed by atoms with Gasteiger partial charge < -0.3 is 16.0 Å². The quantitative estimate of drug-likeness (QED) is 0.765. The molecule has 1 unspecified atom stereocenters. The van der Waals surface area contributed by atoms with Crippen molar-refractivity contribution in [3.63, 3.8) is 0 Å². The van der Waals surface area contributed by atoms with E-state index in [1.807, 2.05) is 18.2 Å². The number of carbonyl (C=O) groups excluding carboxylic acids is 2. The number of amides is 2. The van der Waals surface area contributed by atoms with Crippen molar-refractivity contribution in [3.8, 4) is 0 Å². The molecule has 1 saturated heterocycles. The summed E-state index contributed by atoms with van der Waals surface area (Å²) >= 11 is 0. The van der Waals surface area contributed by atoms with Crippen molar-refractivity contribution in [2.75, 3.05) is 23.7 Å². The minimum absolute atomic E-state index is 0.0634. The van der Waals surface area contributed by atoms with Gasteiger partial charge in [0.15, 0.2) is 0 Å². The van der Waals surface area contributed by atoms with Crippen molar-refractivity contribution in [3.05, 3.63) is 23.8 Å². The van der Waals surface area contributed by atoms with Gasteiger partial charge in [0.1, 0.15) is 0 Å². The molecule has 2 aliphatic rings. The van der Waals surface area contributed by atoms with E-state index in [1.165, 1.54) is 0 Å². The molecule has 1 atom stereocenters. The number of nitrogens with one attached hydrogen (secondary N) is 3. The van der Waals surface area contributed by atoms with E-state index in [0.717, 1.165) is 49.3 Å². The standard InChI is InChI=1S/C15H19N3O2/c19-14-3-1-2-10-8-12(4-5-13(10)18-14)17-15(20)11-6-7-16-9-11/h4-5,8,11,16H,1-3,6-7,9H2,(H,17,20)(H,18,19). The molecule has 1 fully saturated rings. The Hall–Kier alpha value is -1.88. The lowest BCUT2D eigenvalue weighted by Crippen LogP contribution is -2.24. The fraction of sp³-hybridized carbons (Fsp3) is 0.467. The first kappa shape index (κ1) is 13.1. The van der Waals surface area contributed by atoms with Crippen LogP contribution in [0.3, 0.4) is 0 Å². The Kier molecular flexibility index (Phi) is 3.69. The summed E-state index contributed by atoms with van der Waals surface area (Å²) in [4.78, 5) is 23.6. The summed E-state index contributed by atoms with van der Waals surface area (Å²) in [6, 6.07) is 5.70. The van der Waals surface area contributed by atoms with Gasteiger partial charge in [0.25, 0.3) is 0 Å². The van der Waals surface area contributed by atoms with Crippen LogP contribution in [-0.4, -0.2) is 24.9 Å². The normalized spacial score (nSPS) is 21.8. The van der Waals surface area contributed by atoms with Crippen LogP contribution in [0.25, 0.3) is 0 Å². The van der Waals surface area contributed by atoms with Gasteiger partial charge in [0, 0.05) is 24.3 Å². The Morgan fingerprint density at radius 2 is 2.20 bits per heavy atom. The lowest BCUT2D eigenvalue weighted by molar-refractivity contribution is -0.119. The van der Waals surface area contributed by atoms with Gasteiger partial charge in [0.05, 0.1) is 5.92 Å². The number of aryl methyl sites for hydroxylation is 1. The van der Waals surface area contributed by atoms with Gasteiger partial charge in [-0.2, -0.15) is 0 Å². The Morgan fingerprint density at radius 3 is 3.00 bits per heavy atom. The number of fused-ring (bicyclic) bond motifs is 1. The van der Waals surface area contributed by atoms with E-state index in [-0.39, 0.29) is 17.7 Å². The van der Waals surface area contributed by atoms with Gasteiger partial charge in [0.2, 0.25) is 11.8 Å². The summed E-state index contributed by atoms with van der Waals surface area (Å²) in [5.74, 6) is 0.207. The van der Waals surface area contributed by atoms with Crippen LogP contribution in [0.15, 0.2) is 18.2 Å². The van der Waals surface area contributed by atoms with Crippen LogP contribution in [0, 0.1) is 5.92 Å². The SMILES string of the molecule is O=C1CCCc2cc(NC(=O)C3CCNC3)ccc2N1. The molecular weight excluding hydrogens is 254 g/mol. The largest absolute Gasteiger partial charge is 0.326 e. The summed E-state index contributed by atoms with van der Waals surface area (Å²) in [5, 5.41) is 9.06. The van der Waals surface area contributed by atoms with Gasteiger partial charge in [-0.3, -0.25) is 9.59 Å². The summed E-state index contributed by atoms with van der Waals surface area (Å²) in [5.41, 5.74) is 2.78. The molecule has 106 valence electrons. The van der Waals surface area contributed by atoms with E-state index >= 15 is 0 Å². The Labute approximate surface area is 118 Å². The maximum absolute atomic E-state index is 12.1. The molecule has 0 radical (unpaired) electrons. The molecule has 0 saturated carbocycles. The highest BCUT2D eigenvalue weighted by atomic mass is 16.2. The number of rotatable bonds is 2. The third kappa shape index (κ3) is 2.82. The molecular formula is C15H19N3O2. The van der Waals surface area contributed by atoms with Gasteiger partial charge in [-0.25, -0.2) is 0 Å². The third-order valence-corrected chi connectivity index (χ3v) is 3.93. The monoisotopic (exact) mass is 273 g/mol. The van der Waals surface area contributed by atoms with Crippen molar-refractivity contribution >= 4 is 23.2 Å². The average molecular weight is 273 g/mol. The molecule has 2 amide bonds. The lowest BCUT2D eigenvalue weighted by atomic mass is 10.1. The van der Waals surface area contributed by atoms with Crippen LogP contribution in [0.1, 0.15) is 24.8 Å². The zero-order chi connectivity index (χ0) is 13.9. The predicted molar refractivity (Wildman–Crippen MR) is 77.6 cm³/mol. The van der Waals surface area contributed by atoms with Crippen LogP contribution in [0.5, 0.6) is 0 Å². The molecule has 2 aliphatic heterocycles. The highest BCUT2D eigenvalue weighted by Gasteiger charge is 2.22. The van der Waals surface area contributed by atoms with Gasteiger partial charge in [-0.1, -0.05) is 0 Å². The summed E-state index contributed by atoms with van der Waals surface area (Å²) < 4.78 is 0. The number of hydrogen-bond donors (Lipinski definition) is 3. The first-order chi connectivity index (χ1) is 9.72. The molecule has 1 aromatic carbocycles. The molecule has 0 bridgehead atoms. The average Bonchev–Trinajstić information content (AvgIpc) is 2.89. The molecule has 20 heavy (non-hydrogen) atoms. The first-order valence-electron chi connectivity index (χ1n) is 7.17. The summed E-state index contributed by atoms with van der Waals surface area (Å²) in [6.45, 7) is 1.67. The second-order valence-corrected chi connectivity index (χ2v) is 5.45. The van der Waals surface area contributed by atoms with Crippen LogP contribution >= 0.6 is 0 Å². The highest BCUT2D eigenvalue weighted by Crippen LogP contribution is 2.25. The molecule has 0 aromatic heterocycles. The smallest absolute Gasteiger partial charge is 0.228 e. The minimum atomic E-state index is 0.0634. The Morgan fingerprint density at radius 1 is 1.30 bits per heavy atom. The molecule has 3 N–H and O–H groups in total. The van der Waals surface area contributed by atoms with Crippen LogP contribution < -0.4 is 16.0 Å². The van der Waals surface area contributed by atoms with E-state index in [1.54, 1.807) is 0 Å². The van der Waals surface area contributed by atoms with Crippen LogP contribution in [0.4, 0.5) is 11.4 Å². The molecule has 0 aliphatic carbocycles. The molecule has 5 nitrogen and oxygen atoms in total. The van der Waals surface area contributed by atoms with Gasteiger partial charge in [-0.05, 0) is 49.6 Å². The first-order valence-corrected chi connectivity index (χ1v) is 7.17. The van der Waals surface area contributed by atoms with Crippen molar-refractivity contribution in [1.29, 1.82) is 0 Å². The number of anilines is 2. The third-order valence-electron chi connectivity index (χ3n) is 3.93. The molecule has 5 heteroatoms. The van der Waals surface area contributed by atoms with Gasteiger partial charge >= 0.3 is 0 Å². The number of hydrogen-bond acceptors (Lipinski definition) is 3. The summed E-state index contributed by atoms with van der Waals surface area (Å²) in [6.07, 6.45) is 3.17. The van der Waals surface area contributed by atoms with E-state index in [4.69, 9.17) is 0 Å². The highest BCUT2D eigenvalue weighted by molar-refractivity contribution is 5.95. The summed E-state index contributed by atoms with van der Waals surface area (Å²) in [7, 11) is 0. The number of carbonyl (C=O) groups is 2. The predicted octanol–water partition coefficient (Wildman–Crippen LogP) is 1.51. The fourth-order valence-corrected chi connectivity index (χ4v) is 2.78. The van der Waals surface area contributed by atoms with E-state index < -0.39 is 0 Å². The molecule has 2 heterocycles. The van der Waals surface area contributed by atoms with E-state index in [2.05, 4.69) is 16.0 Å². The minimum Gasteiger partial charge on any atom is -0.326 e. The van der Waals surface area contributed by atoms with Crippen molar-refractivity contribution in [2.24, 2.45) is 5.92 Å². The maximum Gasteiger partial charge on any atom is 0.228 e. The van der Waals surface area contributed by atoms with Crippen molar-refractivity contribution < 1.29 is 9.59 Å². The second-order valence-electron chi connectivity index (χ2n) is 5.45. The zero-order valence-corrected chi connectivity index (χ0v) is 11.4. The topological polar surface area (TPSA) is 70.2 Å². The van der Waals surface area contributed by atoms with Crippen LogP contribution in [-0.2, 0) is 16.0 Å². The van der Waals surface area contributed by atoms with E-state index in [9.17, 15) is 9.59 Å². The Bertz CT molecular complexity index is 536. The molecule has 0 spiro atoms. The molecule has 1 aromatic rings. The Balaban J connectivity index is 1.73. The number of benzene rings is 1. The van der Waals surface area contributed by atoms with E-state index in [0.29, 0.717) is 6.42 Å². The maximum atomic E-state index is 12.1. The van der Waals surface area contributed by atoms with Gasteiger partial charge in [-0.15, -0.1) is 0 Å². The fourth-order valence-electron chi connectivity index (χ4n) is 2.78. The second kappa shape index (κ2) is 5.63. The lowest BCUT2D eigenvalue weighted by Gasteiger charge is -2.12. The van der Waals surface area contributed by atoms with Crippen molar-refractivity contribution in [1.82, 2.24) is 5.32 Å².